The first-order valence-electron chi connectivity index (χ1n) is 10.7. The van der Waals surface area contributed by atoms with Crippen LogP contribution in [0, 0.1) is 16.0 Å². The van der Waals surface area contributed by atoms with Gasteiger partial charge in [0, 0.05) is 29.3 Å². The zero-order valence-corrected chi connectivity index (χ0v) is 17.4. The second kappa shape index (κ2) is 9.17. The third-order valence-corrected chi connectivity index (χ3v) is 6.26. The van der Waals surface area contributed by atoms with E-state index in [-0.39, 0.29) is 29.1 Å². The molecule has 9 nitrogen and oxygen atoms in total. The third kappa shape index (κ3) is 4.32. The summed E-state index contributed by atoms with van der Waals surface area (Å²) in [6.07, 6.45) is 4.45. The van der Waals surface area contributed by atoms with Gasteiger partial charge in [-0.15, -0.1) is 0 Å². The van der Waals surface area contributed by atoms with Gasteiger partial charge >= 0.3 is 0 Å². The van der Waals surface area contributed by atoms with Crippen LogP contribution in [-0.4, -0.2) is 39.6 Å². The first kappa shape index (κ1) is 21.5. The van der Waals surface area contributed by atoms with Crippen molar-refractivity contribution < 1.29 is 19.3 Å². The molecule has 2 N–H and O–H groups in total. The number of carbonyl (C=O) groups excluding carboxylic acids is 3. The summed E-state index contributed by atoms with van der Waals surface area (Å²) in [6.45, 7) is 0. The molecule has 2 aromatic rings. The van der Waals surface area contributed by atoms with E-state index < -0.39 is 22.8 Å². The fourth-order valence-electron chi connectivity index (χ4n) is 4.75. The van der Waals surface area contributed by atoms with Crippen LogP contribution < -0.4 is 10.9 Å². The van der Waals surface area contributed by atoms with Gasteiger partial charge in [-0.3, -0.25) is 35.3 Å². The quantitative estimate of drug-likeness (QED) is 0.564. The normalized spacial score (nSPS) is 22.0. The van der Waals surface area contributed by atoms with Crippen LogP contribution >= 0.6 is 0 Å². The smallest absolute Gasteiger partial charge is 0.270 e. The summed E-state index contributed by atoms with van der Waals surface area (Å²) in [4.78, 5) is 50.7. The van der Waals surface area contributed by atoms with Gasteiger partial charge in [-0.1, -0.05) is 37.1 Å². The average Bonchev–Trinajstić information content (AvgIpc) is 3.22. The van der Waals surface area contributed by atoms with E-state index in [1.807, 2.05) is 6.07 Å². The minimum Gasteiger partial charge on any atom is -0.323 e. The van der Waals surface area contributed by atoms with Crippen LogP contribution in [0.2, 0.25) is 0 Å². The Morgan fingerprint density at radius 3 is 2.41 bits per heavy atom. The number of benzene rings is 2. The second-order valence-electron chi connectivity index (χ2n) is 8.19. The number of fused-ring (bicyclic) bond motifs is 1. The highest BCUT2D eigenvalue weighted by atomic mass is 16.6. The highest BCUT2D eigenvalue weighted by Gasteiger charge is 2.47. The Kier molecular flexibility index (Phi) is 6.16. The van der Waals surface area contributed by atoms with Gasteiger partial charge in [-0.25, -0.2) is 0 Å². The van der Waals surface area contributed by atoms with E-state index in [2.05, 4.69) is 10.9 Å². The Labute approximate surface area is 184 Å². The largest absolute Gasteiger partial charge is 0.323 e. The zero-order chi connectivity index (χ0) is 22.7. The molecule has 3 atom stereocenters. The first-order chi connectivity index (χ1) is 15.5. The maximum atomic E-state index is 13.3. The highest BCUT2D eigenvalue weighted by Crippen LogP contribution is 2.40. The van der Waals surface area contributed by atoms with Crippen LogP contribution in [0.1, 0.15) is 52.8 Å². The molecule has 2 aliphatic rings. The summed E-state index contributed by atoms with van der Waals surface area (Å²) >= 11 is 0. The Morgan fingerprint density at radius 1 is 0.938 bits per heavy atom. The Hall–Kier alpha value is -3.75. The van der Waals surface area contributed by atoms with E-state index in [0.717, 1.165) is 31.7 Å². The Balaban J connectivity index is 1.48. The number of likely N-dealkylation sites (tertiary alicyclic amines) is 1. The molecular weight excluding hydrogens is 412 g/mol. The fourth-order valence-corrected chi connectivity index (χ4v) is 4.75. The molecule has 1 aliphatic carbocycles. The van der Waals surface area contributed by atoms with Crippen LogP contribution in [0.3, 0.4) is 0 Å². The van der Waals surface area contributed by atoms with E-state index in [1.165, 1.54) is 18.2 Å². The number of nitrogens with one attached hydrogen (secondary N) is 2. The molecule has 0 aromatic heterocycles. The summed E-state index contributed by atoms with van der Waals surface area (Å²) in [5.41, 5.74) is 5.10. The number of nitrogens with zero attached hydrogens (tertiary/aromatic N) is 2. The molecule has 4 rings (SSSR count). The first-order valence-corrected chi connectivity index (χ1v) is 10.7. The number of non-ortho nitro benzene ring substituents is 1. The molecule has 3 amide bonds. The maximum absolute atomic E-state index is 13.3. The van der Waals surface area contributed by atoms with E-state index in [4.69, 9.17) is 0 Å². The van der Waals surface area contributed by atoms with Gasteiger partial charge in [0.2, 0.25) is 0 Å². The molecule has 1 heterocycles. The molecule has 9 heteroatoms. The molecule has 1 saturated heterocycles. The molecule has 1 aliphatic heterocycles. The van der Waals surface area contributed by atoms with E-state index in [1.54, 1.807) is 29.2 Å². The van der Waals surface area contributed by atoms with Gasteiger partial charge in [-0.05, 0) is 43.4 Å². The van der Waals surface area contributed by atoms with Crippen LogP contribution in [0.5, 0.6) is 0 Å². The number of amides is 3. The van der Waals surface area contributed by atoms with Crippen LogP contribution in [0.4, 0.5) is 5.69 Å². The minimum atomic E-state index is -0.693. The maximum Gasteiger partial charge on any atom is 0.270 e. The molecule has 2 aromatic carbocycles. The number of hydrazine groups is 1. The van der Waals surface area contributed by atoms with Gasteiger partial charge in [0.15, 0.2) is 0 Å². The number of hydrogen-bond acceptors (Lipinski definition) is 5. The summed E-state index contributed by atoms with van der Waals surface area (Å²) in [5, 5.41) is 10.9. The second-order valence-corrected chi connectivity index (χ2v) is 8.19. The number of nitro benzene ring substituents is 1. The monoisotopic (exact) mass is 436 g/mol. The minimum absolute atomic E-state index is 0.000296. The predicted molar refractivity (Wildman–Crippen MR) is 115 cm³/mol. The number of carbonyl (C=O) groups is 3. The van der Waals surface area contributed by atoms with Crippen molar-refractivity contribution in [3.63, 3.8) is 0 Å². The molecule has 0 spiro atoms. The lowest BCUT2D eigenvalue weighted by atomic mass is 9.84. The third-order valence-electron chi connectivity index (χ3n) is 6.26. The van der Waals surface area contributed by atoms with E-state index in [0.29, 0.717) is 12.0 Å². The van der Waals surface area contributed by atoms with Crippen molar-refractivity contribution in [1.29, 1.82) is 0 Å². The fraction of sp³-hybridized carbons (Fsp3) is 0.348. The summed E-state index contributed by atoms with van der Waals surface area (Å²) in [6, 6.07) is 13.4. The Bertz CT molecular complexity index is 1040. The lowest BCUT2D eigenvalue weighted by Gasteiger charge is -2.33. The topological polar surface area (TPSA) is 122 Å². The molecule has 1 saturated carbocycles. The molecule has 166 valence electrons. The number of rotatable bonds is 4. The molecule has 0 bridgehead atoms. The van der Waals surface area contributed by atoms with Crippen molar-refractivity contribution in [2.45, 2.75) is 44.2 Å². The van der Waals surface area contributed by atoms with Crippen molar-refractivity contribution in [3.05, 3.63) is 75.8 Å². The lowest BCUT2D eigenvalue weighted by molar-refractivity contribution is -0.384. The van der Waals surface area contributed by atoms with Crippen molar-refractivity contribution in [2.75, 3.05) is 0 Å². The van der Waals surface area contributed by atoms with Gasteiger partial charge in [-0.2, -0.15) is 0 Å². The van der Waals surface area contributed by atoms with Gasteiger partial charge in [0.25, 0.3) is 23.4 Å². The zero-order valence-electron chi connectivity index (χ0n) is 17.4. The molecule has 3 unspecified atom stereocenters. The van der Waals surface area contributed by atoms with Crippen molar-refractivity contribution in [1.82, 2.24) is 15.8 Å². The van der Waals surface area contributed by atoms with Crippen LogP contribution in [-0.2, 0) is 4.79 Å². The van der Waals surface area contributed by atoms with Gasteiger partial charge in [0.1, 0.15) is 6.04 Å². The Morgan fingerprint density at radius 2 is 1.66 bits per heavy atom. The van der Waals surface area contributed by atoms with E-state index in [9.17, 15) is 24.5 Å². The van der Waals surface area contributed by atoms with Crippen molar-refractivity contribution >= 4 is 23.4 Å². The predicted octanol–water partition coefficient (Wildman–Crippen LogP) is 2.83. The molecule has 0 radical (unpaired) electrons. The summed E-state index contributed by atoms with van der Waals surface area (Å²) in [7, 11) is 0. The van der Waals surface area contributed by atoms with Crippen LogP contribution in [0.25, 0.3) is 0 Å². The molecule has 2 fully saturated rings. The number of nitro groups is 1. The SMILES string of the molecule is O=C(NNC(=O)C1CC2CCCCC2N1C(=O)c1ccccc1)c1cccc([N+](=O)[O-])c1. The highest BCUT2D eigenvalue weighted by molar-refractivity contribution is 5.99. The summed E-state index contributed by atoms with van der Waals surface area (Å²) < 4.78 is 0. The van der Waals surface area contributed by atoms with E-state index >= 15 is 0 Å². The van der Waals surface area contributed by atoms with Crippen molar-refractivity contribution in [3.8, 4) is 0 Å². The molecular formula is C23H24N4O5. The molecule has 32 heavy (non-hydrogen) atoms. The van der Waals surface area contributed by atoms with Gasteiger partial charge < -0.3 is 4.90 Å². The van der Waals surface area contributed by atoms with Crippen LogP contribution in [0.15, 0.2) is 54.6 Å². The van der Waals surface area contributed by atoms with Crippen molar-refractivity contribution in [2.24, 2.45) is 5.92 Å². The lowest BCUT2D eigenvalue weighted by Crippen LogP contribution is -2.53. The average molecular weight is 436 g/mol. The van der Waals surface area contributed by atoms with Gasteiger partial charge in [0.05, 0.1) is 4.92 Å². The summed E-state index contributed by atoms with van der Waals surface area (Å²) in [5.74, 6) is -1.08. The standard InChI is InChI=1S/C23H24N4O5/c28-21(17-10-6-11-18(13-17)27(31)32)24-25-22(29)20-14-16-9-4-5-12-19(16)26(20)23(30)15-7-2-1-3-8-15/h1-3,6-8,10-11,13,16,19-20H,4-5,9,12,14H2,(H,24,28)(H,25,29). The number of hydrogen-bond donors (Lipinski definition) is 2.